The fourth-order valence-corrected chi connectivity index (χ4v) is 6.92. The molecule has 8 nitrogen and oxygen atoms in total. The molecule has 0 atom stereocenters. The summed E-state index contributed by atoms with van der Waals surface area (Å²) in [5.41, 5.74) is 0.943. The second kappa shape index (κ2) is 8.47. The fraction of sp³-hybridized carbons (Fsp3) is 0.600. The van der Waals surface area contributed by atoms with E-state index in [1.807, 2.05) is 12.1 Å². The standard InChI is InChI=1S/C25H32N4O4/c1-3-33-23(31)15-28(2)24(32)19-14-29-20(26-19)5-4-6-21(29)27-22(30)13-25-10-16-7-17(11-25)9-18(8-16)12-25/h4-6,14,16-18H,3,7-13,15H2,1-2H3,(H,27,30). The van der Waals surface area contributed by atoms with Crippen molar-refractivity contribution in [3.05, 3.63) is 30.1 Å². The molecule has 4 bridgehead atoms. The maximum absolute atomic E-state index is 13.1. The Hall–Kier alpha value is -2.90. The molecular weight excluding hydrogens is 420 g/mol. The molecule has 0 radical (unpaired) electrons. The highest BCUT2D eigenvalue weighted by molar-refractivity contribution is 5.95. The number of anilines is 1. The number of esters is 1. The molecule has 0 saturated heterocycles. The van der Waals surface area contributed by atoms with Gasteiger partial charge >= 0.3 is 5.97 Å². The van der Waals surface area contributed by atoms with Gasteiger partial charge in [0, 0.05) is 19.7 Å². The number of fused-ring (bicyclic) bond motifs is 1. The van der Waals surface area contributed by atoms with E-state index in [1.165, 1.54) is 50.5 Å². The first kappa shape index (κ1) is 21.9. The van der Waals surface area contributed by atoms with Gasteiger partial charge in [0.2, 0.25) is 5.91 Å². The predicted molar refractivity (Wildman–Crippen MR) is 123 cm³/mol. The van der Waals surface area contributed by atoms with Crippen LogP contribution in [0.2, 0.25) is 0 Å². The number of nitrogens with zero attached hydrogens (tertiary/aromatic N) is 3. The van der Waals surface area contributed by atoms with Crippen molar-refractivity contribution in [2.75, 3.05) is 25.5 Å². The monoisotopic (exact) mass is 452 g/mol. The summed E-state index contributed by atoms with van der Waals surface area (Å²) in [7, 11) is 1.54. The maximum atomic E-state index is 13.1. The lowest BCUT2D eigenvalue weighted by molar-refractivity contribution is -0.143. The van der Waals surface area contributed by atoms with E-state index < -0.39 is 5.97 Å². The Labute approximate surface area is 193 Å². The van der Waals surface area contributed by atoms with E-state index in [0.29, 0.717) is 17.9 Å². The zero-order chi connectivity index (χ0) is 23.2. The van der Waals surface area contributed by atoms with Crippen LogP contribution in [-0.2, 0) is 14.3 Å². The van der Waals surface area contributed by atoms with Crippen molar-refractivity contribution in [3.63, 3.8) is 0 Å². The van der Waals surface area contributed by atoms with Gasteiger partial charge in [-0.15, -0.1) is 0 Å². The van der Waals surface area contributed by atoms with Gasteiger partial charge in [-0.1, -0.05) is 6.07 Å². The normalized spacial score (nSPS) is 27.5. The first-order valence-corrected chi connectivity index (χ1v) is 12.0. The second-order valence-electron chi connectivity index (χ2n) is 10.4. The van der Waals surface area contributed by atoms with Crippen LogP contribution in [0.25, 0.3) is 5.65 Å². The van der Waals surface area contributed by atoms with Gasteiger partial charge < -0.3 is 15.0 Å². The SMILES string of the molecule is CCOC(=O)CN(C)C(=O)c1cn2c(NC(=O)CC34CC5CC(CC(C5)C3)C4)cccc2n1. The van der Waals surface area contributed by atoms with Crippen LogP contribution in [0.5, 0.6) is 0 Å². The summed E-state index contributed by atoms with van der Waals surface area (Å²) in [6.45, 7) is 1.84. The summed E-state index contributed by atoms with van der Waals surface area (Å²) in [6.07, 6.45) is 9.81. The number of nitrogens with one attached hydrogen (secondary N) is 1. The van der Waals surface area contributed by atoms with Crippen molar-refractivity contribution in [2.24, 2.45) is 23.2 Å². The molecule has 2 amide bonds. The lowest BCUT2D eigenvalue weighted by Crippen LogP contribution is -2.47. The Bertz CT molecular complexity index is 1060. The Morgan fingerprint density at radius 2 is 1.82 bits per heavy atom. The Balaban J connectivity index is 1.29. The van der Waals surface area contributed by atoms with E-state index in [1.54, 1.807) is 23.6 Å². The summed E-state index contributed by atoms with van der Waals surface area (Å²) in [4.78, 5) is 43.3. The molecule has 4 fully saturated rings. The minimum absolute atomic E-state index is 0.0328. The summed E-state index contributed by atoms with van der Waals surface area (Å²) in [5.74, 6) is 2.21. The minimum Gasteiger partial charge on any atom is -0.465 e. The summed E-state index contributed by atoms with van der Waals surface area (Å²) in [5, 5.41) is 3.08. The first-order valence-electron chi connectivity index (χ1n) is 12.0. The van der Waals surface area contributed by atoms with E-state index in [0.717, 1.165) is 17.8 Å². The third-order valence-corrected chi connectivity index (χ3v) is 7.70. The quantitative estimate of drug-likeness (QED) is 0.649. The molecule has 6 rings (SSSR count). The van der Waals surface area contributed by atoms with Crippen LogP contribution in [0.15, 0.2) is 24.4 Å². The molecular formula is C25H32N4O4. The van der Waals surface area contributed by atoms with Crippen LogP contribution >= 0.6 is 0 Å². The minimum atomic E-state index is -0.463. The smallest absolute Gasteiger partial charge is 0.325 e. The van der Waals surface area contributed by atoms with Gasteiger partial charge in [-0.05, 0) is 80.8 Å². The average Bonchev–Trinajstić information content (AvgIpc) is 3.17. The van der Waals surface area contributed by atoms with Crippen LogP contribution in [0.4, 0.5) is 5.82 Å². The first-order chi connectivity index (χ1) is 15.8. The molecule has 0 spiro atoms. The van der Waals surface area contributed by atoms with Crippen molar-refractivity contribution in [1.29, 1.82) is 0 Å². The van der Waals surface area contributed by atoms with Crippen molar-refractivity contribution in [2.45, 2.75) is 51.9 Å². The maximum Gasteiger partial charge on any atom is 0.325 e. The number of pyridine rings is 1. The second-order valence-corrected chi connectivity index (χ2v) is 10.4. The molecule has 33 heavy (non-hydrogen) atoms. The third kappa shape index (κ3) is 4.35. The van der Waals surface area contributed by atoms with E-state index >= 15 is 0 Å². The Morgan fingerprint density at radius 1 is 1.15 bits per heavy atom. The third-order valence-electron chi connectivity index (χ3n) is 7.70. The van der Waals surface area contributed by atoms with Gasteiger partial charge in [0.15, 0.2) is 0 Å². The van der Waals surface area contributed by atoms with Gasteiger partial charge in [-0.2, -0.15) is 0 Å². The number of hydrogen-bond donors (Lipinski definition) is 1. The van der Waals surface area contributed by atoms with E-state index in [-0.39, 0.29) is 36.1 Å². The molecule has 4 aliphatic carbocycles. The number of likely N-dealkylation sites (N-methyl/N-ethyl adjacent to an activating group) is 1. The Kier molecular flexibility index (Phi) is 5.62. The number of carbonyl (C=O) groups excluding carboxylic acids is 3. The predicted octanol–water partition coefficient (Wildman–Crippen LogP) is 3.51. The molecule has 0 aromatic carbocycles. The number of aromatic nitrogens is 2. The zero-order valence-corrected chi connectivity index (χ0v) is 19.4. The number of rotatable bonds is 7. The van der Waals surface area contributed by atoms with Gasteiger partial charge in [-0.25, -0.2) is 4.98 Å². The van der Waals surface area contributed by atoms with Crippen LogP contribution in [0.3, 0.4) is 0 Å². The summed E-state index contributed by atoms with van der Waals surface area (Å²) >= 11 is 0. The topological polar surface area (TPSA) is 93.0 Å². The van der Waals surface area contributed by atoms with Crippen LogP contribution in [0, 0.1) is 23.2 Å². The molecule has 2 aromatic rings. The summed E-state index contributed by atoms with van der Waals surface area (Å²) < 4.78 is 6.64. The number of ether oxygens (including phenoxy) is 1. The Morgan fingerprint density at radius 3 is 2.45 bits per heavy atom. The summed E-state index contributed by atoms with van der Waals surface area (Å²) in [6, 6.07) is 5.43. The fourth-order valence-electron chi connectivity index (χ4n) is 6.92. The van der Waals surface area contributed by atoms with Gasteiger partial charge in [0.1, 0.15) is 23.7 Å². The zero-order valence-electron chi connectivity index (χ0n) is 19.4. The van der Waals surface area contributed by atoms with Crippen molar-refractivity contribution >= 4 is 29.2 Å². The molecule has 0 aliphatic heterocycles. The number of imidazole rings is 1. The van der Waals surface area contributed by atoms with Crippen molar-refractivity contribution in [3.8, 4) is 0 Å². The van der Waals surface area contributed by atoms with Gasteiger partial charge in [0.25, 0.3) is 5.91 Å². The highest BCUT2D eigenvalue weighted by Crippen LogP contribution is 2.61. The molecule has 4 saturated carbocycles. The van der Waals surface area contributed by atoms with E-state index in [9.17, 15) is 14.4 Å². The molecule has 2 heterocycles. The van der Waals surface area contributed by atoms with Crippen molar-refractivity contribution < 1.29 is 19.1 Å². The highest BCUT2D eigenvalue weighted by atomic mass is 16.5. The average molecular weight is 453 g/mol. The van der Waals surface area contributed by atoms with Gasteiger partial charge in [0.05, 0.1) is 6.61 Å². The van der Waals surface area contributed by atoms with Gasteiger partial charge in [-0.3, -0.25) is 18.8 Å². The van der Waals surface area contributed by atoms with E-state index in [4.69, 9.17) is 4.74 Å². The molecule has 8 heteroatoms. The molecule has 0 unspecified atom stereocenters. The largest absolute Gasteiger partial charge is 0.465 e. The van der Waals surface area contributed by atoms with E-state index in [2.05, 4.69) is 10.3 Å². The molecule has 1 N–H and O–H groups in total. The molecule has 2 aromatic heterocycles. The highest BCUT2D eigenvalue weighted by Gasteiger charge is 2.51. The number of amides is 2. The lowest BCUT2D eigenvalue weighted by atomic mass is 9.49. The number of carbonyl (C=O) groups is 3. The lowest BCUT2D eigenvalue weighted by Gasteiger charge is -2.56. The van der Waals surface area contributed by atoms with Crippen LogP contribution in [0.1, 0.15) is 62.4 Å². The molecule has 176 valence electrons. The van der Waals surface area contributed by atoms with Crippen molar-refractivity contribution in [1.82, 2.24) is 14.3 Å². The number of hydrogen-bond acceptors (Lipinski definition) is 5. The van der Waals surface area contributed by atoms with Crippen LogP contribution in [-0.4, -0.2) is 52.3 Å². The molecule has 4 aliphatic rings. The van der Waals surface area contributed by atoms with Crippen LogP contribution < -0.4 is 5.32 Å².